The normalized spacial score (nSPS) is 19.2. The molecule has 0 aliphatic heterocycles. The fourth-order valence-electron chi connectivity index (χ4n) is 2.91. The highest BCUT2D eigenvalue weighted by atomic mass is 16.5. The molecule has 0 saturated heterocycles. The highest BCUT2D eigenvalue weighted by Crippen LogP contribution is 2.39. The van der Waals surface area contributed by atoms with Gasteiger partial charge in [-0.15, -0.1) is 0 Å². The van der Waals surface area contributed by atoms with Crippen LogP contribution in [0.2, 0.25) is 0 Å². The minimum Gasteiger partial charge on any atom is -0.493 e. The minimum absolute atomic E-state index is 0.196. The molecule has 2 atom stereocenters. The largest absolute Gasteiger partial charge is 0.493 e. The average Bonchev–Trinajstić information content (AvgIpc) is 2.82. The van der Waals surface area contributed by atoms with E-state index >= 15 is 0 Å². The lowest BCUT2D eigenvalue weighted by molar-refractivity contribution is 0.233. The number of aryl methyl sites for hydroxylation is 1. The quantitative estimate of drug-likeness (QED) is 0.755. The lowest BCUT2D eigenvalue weighted by atomic mass is 9.89. The van der Waals surface area contributed by atoms with Gasteiger partial charge in [0.2, 0.25) is 0 Å². The Balaban J connectivity index is 2.03. The van der Waals surface area contributed by atoms with E-state index in [1.807, 2.05) is 0 Å². The summed E-state index contributed by atoms with van der Waals surface area (Å²) in [5.41, 5.74) is 3.00. The Morgan fingerprint density at radius 3 is 3.00 bits per heavy atom. The summed E-state index contributed by atoms with van der Waals surface area (Å²) in [5.74, 6) is 2.48. The molecule has 19 heavy (non-hydrogen) atoms. The maximum Gasteiger partial charge on any atom is 0.119 e. The van der Waals surface area contributed by atoms with Gasteiger partial charge in [-0.25, -0.2) is 0 Å². The summed E-state index contributed by atoms with van der Waals surface area (Å²) in [6.45, 7) is 5.42. The zero-order valence-corrected chi connectivity index (χ0v) is 12.2. The third-order valence-corrected chi connectivity index (χ3v) is 4.27. The first-order valence-corrected chi connectivity index (χ1v) is 7.61. The van der Waals surface area contributed by atoms with Crippen LogP contribution in [0, 0.1) is 5.92 Å². The number of benzene rings is 1. The first-order chi connectivity index (χ1) is 9.24. The van der Waals surface area contributed by atoms with Gasteiger partial charge in [0.15, 0.2) is 0 Å². The first-order valence-electron chi connectivity index (χ1n) is 7.61. The van der Waals surface area contributed by atoms with Crippen LogP contribution in [0.25, 0.3) is 0 Å². The van der Waals surface area contributed by atoms with Gasteiger partial charge in [0.05, 0.1) is 6.61 Å². The standard InChI is InChI=1S/C17H26O2/c1-3-13(2)11-15-6-5-14-7-8-16(12-17(14)15)19-10-4-9-18/h7-8,12-13,15,18H,3-6,9-11H2,1-2H3. The van der Waals surface area contributed by atoms with Crippen molar-refractivity contribution in [3.63, 3.8) is 0 Å². The van der Waals surface area contributed by atoms with E-state index in [4.69, 9.17) is 9.84 Å². The number of aliphatic hydroxyl groups is 1. The molecule has 0 fully saturated rings. The van der Waals surface area contributed by atoms with Crippen LogP contribution in [0.15, 0.2) is 18.2 Å². The van der Waals surface area contributed by atoms with Crippen molar-refractivity contribution in [3.05, 3.63) is 29.3 Å². The van der Waals surface area contributed by atoms with Gasteiger partial charge in [-0.2, -0.15) is 0 Å². The van der Waals surface area contributed by atoms with E-state index < -0.39 is 0 Å². The Morgan fingerprint density at radius 1 is 1.42 bits per heavy atom. The van der Waals surface area contributed by atoms with E-state index in [1.54, 1.807) is 0 Å². The van der Waals surface area contributed by atoms with Gasteiger partial charge in [0.1, 0.15) is 5.75 Å². The monoisotopic (exact) mass is 262 g/mol. The second-order valence-electron chi connectivity index (χ2n) is 5.77. The van der Waals surface area contributed by atoms with Crippen LogP contribution in [-0.2, 0) is 6.42 Å². The predicted molar refractivity (Wildman–Crippen MR) is 78.8 cm³/mol. The number of hydrogen-bond acceptors (Lipinski definition) is 2. The maximum absolute atomic E-state index is 8.79. The lowest BCUT2D eigenvalue weighted by Gasteiger charge is -2.17. The Morgan fingerprint density at radius 2 is 2.26 bits per heavy atom. The Labute approximate surface area is 116 Å². The number of aliphatic hydroxyl groups excluding tert-OH is 1. The molecule has 0 amide bonds. The van der Waals surface area contributed by atoms with Crippen molar-refractivity contribution in [1.82, 2.24) is 0 Å². The van der Waals surface area contributed by atoms with Crippen molar-refractivity contribution in [2.75, 3.05) is 13.2 Å². The molecule has 2 rings (SSSR count). The summed E-state index contributed by atoms with van der Waals surface area (Å²) in [6, 6.07) is 6.52. The topological polar surface area (TPSA) is 29.5 Å². The molecule has 0 spiro atoms. The van der Waals surface area contributed by atoms with Crippen molar-refractivity contribution < 1.29 is 9.84 Å². The first kappa shape index (κ1) is 14.4. The average molecular weight is 262 g/mol. The van der Waals surface area contributed by atoms with Crippen LogP contribution in [0.4, 0.5) is 0 Å². The molecule has 1 aliphatic carbocycles. The summed E-state index contributed by atoms with van der Waals surface area (Å²) in [4.78, 5) is 0. The number of fused-ring (bicyclic) bond motifs is 1. The van der Waals surface area contributed by atoms with Gasteiger partial charge in [-0.1, -0.05) is 26.3 Å². The van der Waals surface area contributed by atoms with Gasteiger partial charge < -0.3 is 9.84 Å². The molecule has 0 saturated carbocycles. The summed E-state index contributed by atoms with van der Waals surface area (Å²) in [5, 5.41) is 8.79. The van der Waals surface area contributed by atoms with Gasteiger partial charge in [0.25, 0.3) is 0 Å². The molecule has 1 N–H and O–H groups in total. The van der Waals surface area contributed by atoms with E-state index in [-0.39, 0.29) is 6.61 Å². The Bertz CT molecular complexity index is 400. The zero-order valence-electron chi connectivity index (χ0n) is 12.2. The second kappa shape index (κ2) is 6.95. The van der Waals surface area contributed by atoms with Crippen LogP contribution in [-0.4, -0.2) is 18.3 Å². The molecule has 0 heterocycles. The van der Waals surface area contributed by atoms with Gasteiger partial charge in [-0.3, -0.25) is 0 Å². The van der Waals surface area contributed by atoms with E-state index in [1.165, 1.54) is 36.8 Å². The number of ether oxygens (including phenoxy) is 1. The van der Waals surface area contributed by atoms with Crippen LogP contribution in [0.1, 0.15) is 56.6 Å². The van der Waals surface area contributed by atoms with E-state index in [0.717, 1.165) is 11.7 Å². The number of hydrogen-bond donors (Lipinski definition) is 1. The molecule has 106 valence electrons. The van der Waals surface area contributed by atoms with Gasteiger partial charge in [-0.05, 0) is 54.4 Å². The molecule has 1 aromatic rings. The van der Waals surface area contributed by atoms with Crippen LogP contribution in [0.5, 0.6) is 5.75 Å². The van der Waals surface area contributed by atoms with Crippen molar-refractivity contribution in [2.45, 2.75) is 51.9 Å². The molecule has 2 unspecified atom stereocenters. The summed E-state index contributed by atoms with van der Waals surface area (Å²) in [6.07, 6.45) is 5.77. The molecule has 1 aromatic carbocycles. The van der Waals surface area contributed by atoms with Crippen molar-refractivity contribution in [3.8, 4) is 5.75 Å². The summed E-state index contributed by atoms with van der Waals surface area (Å²) in [7, 11) is 0. The van der Waals surface area contributed by atoms with Crippen molar-refractivity contribution >= 4 is 0 Å². The fourth-order valence-corrected chi connectivity index (χ4v) is 2.91. The van der Waals surface area contributed by atoms with E-state index in [0.29, 0.717) is 18.9 Å². The molecule has 0 aromatic heterocycles. The molecule has 2 heteroatoms. The smallest absolute Gasteiger partial charge is 0.119 e. The molecular weight excluding hydrogens is 236 g/mol. The van der Waals surface area contributed by atoms with Crippen molar-refractivity contribution in [2.24, 2.45) is 5.92 Å². The Hall–Kier alpha value is -1.02. The van der Waals surface area contributed by atoms with Crippen LogP contribution >= 0.6 is 0 Å². The fraction of sp³-hybridized carbons (Fsp3) is 0.647. The predicted octanol–water partition coefficient (Wildman–Crippen LogP) is 3.91. The maximum atomic E-state index is 8.79. The molecular formula is C17H26O2. The third-order valence-electron chi connectivity index (χ3n) is 4.27. The molecule has 0 bridgehead atoms. The SMILES string of the molecule is CCC(C)CC1CCc2ccc(OCCCO)cc21. The lowest BCUT2D eigenvalue weighted by Crippen LogP contribution is -2.03. The number of rotatable bonds is 7. The van der Waals surface area contributed by atoms with Crippen LogP contribution < -0.4 is 4.74 Å². The second-order valence-corrected chi connectivity index (χ2v) is 5.77. The highest BCUT2D eigenvalue weighted by Gasteiger charge is 2.24. The third kappa shape index (κ3) is 3.73. The minimum atomic E-state index is 0.196. The molecule has 0 radical (unpaired) electrons. The molecule has 2 nitrogen and oxygen atoms in total. The van der Waals surface area contributed by atoms with Crippen molar-refractivity contribution in [1.29, 1.82) is 0 Å². The van der Waals surface area contributed by atoms with Gasteiger partial charge >= 0.3 is 0 Å². The zero-order chi connectivity index (χ0) is 13.7. The molecule has 1 aliphatic rings. The summed E-state index contributed by atoms with van der Waals surface area (Å²) < 4.78 is 5.69. The van der Waals surface area contributed by atoms with Crippen LogP contribution in [0.3, 0.4) is 0 Å². The highest BCUT2D eigenvalue weighted by molar-refractivity contribution is 5.41. The van der Waals surface area contributed by atoms with E-state index in [2.05, 4.69) is 32.0 Å². The summed E-state index contributed by atoms with van der Waals surface area (Å²) >= 11 is 0. The van der Waals surface area contributed by atoms with Gasteiger partial charge in [0, 0.05) is 13.0 Å². The Kier molecular flexibility index (Phi) is 5.26. The van der Waals surface area contributed by atoms with E-state index in [9.17, 15) is 0 Å².